The van der Waals surface area contributed by atoms with Gasteiger partial charge in [-0.25, -0.2) is 9.18 Å². The topological polar surface area (TPSA) is 59.4 Å². The number of ether oxygens (including phenoxy) is 1. The van der Waals surface area contributed by atoms with E-state index in [0.717, 1.165) is 18.4 Å². The number of aromatic nitrogens is 1. The SMILES string of the molecule is CCCc1nc(COc2ccc(Cc3ccccc3)cc2)c(C(=O)O)cc1-c1ccccc1F. The highest BCUT2D eigenvalue weighted by molar-refractivity contribution is 5.91. The molecule has 0 aliphatic carbocycles. The number of carboxylic acid groups (broad SMARTS) is 1. The Labute approximate surface area is 198 Å². The number of rotatable bonds is 9. The number of carbonyl (C=O) groups is 1. The molecule has 1 N–H and O–H groups in total. The Morgan fingerprint density at radius 3 is 2.24 bits per heavy atom. The van der Waals surface area contributed by atoms with E-state index in [4.69, 9.17) is 4.74 Å². The van der Waals surface area contributed by atoms with Crippen LogP contribution < -0.4 is 4.74 Å². The van der Waals surface area contributed by atoms with Crippen molar-refractivity contribution in [2.75, 3.05) is 0 Å². The van der Waals surface area contributed by atoms with E-state index in [0.29, 0.717) is 34.7 Å². The number of halogens is 1. The van der Waals surface area contributed by atoms with Crippen molar-refractivity contribution in [3.8, 4) is 16.9 Å². The van der Waals surface area contributed by atoms with E-state index in [1.54, 1.807) is 18.2 Å². The van der Waals surface area contributed by atoms with E-state index in [1.807, 2.05) is 49.4 Å². The van der Waals surface area contributed by atoms with E-state index in [2.05, 4.69) is 17.1 Å². The standard InChI is InChI=1S/C29H26FNO3/c1-2-8-27-24(23-11-6-7-12-26(23)30)18-25(29(32)33)28(31-27)19-34-22-15-13-21(14-16-22)17-20-9-4-3-5-10-20/h3-7,9-16,18H,2,8,17,19H2,1H3,(H,32,33). The van der Waals surface area contributed by atoms with Gasteiger partial charge in [-0.1, -0.05) is 74.0 Å². The second-order valence-electron chi connectivity index (χ2n) is 8.11. The Morgan fingerprint density at radius 1 is 0.882 bits per heavy atom. The molecule has 0 atom stereocenters. The highest BCUT2D eigenvalue weighted by Gasteiger charge is 2.19. The van der Waals surface area contributed by atoms with Crippen LogP contribution in [0, 0.1) is 5.82 Å². The summed E-state index contributed by atoms with van der Waals surface area (Å²) in [7, 11) is 0. The molecule has 4 nitrogen and oxygen atoms in total. The molecule has 0 saturated carbocycles. The molecule has 0 fully saturated rings. The first-order chi connectivity index (χ1) is 16.5. The first kappa shape index (κ1) is 23.2. The van der Waals surface area contributed by atoms with Crippen molar-refractivity contribution >= 4 is 5.97 Å². The minimum Gasteiger partial charge on any atom is -0.487 e. The van der Waals surface area contributed by atoms with Crippen LogP contribution in [0.5, 0.6) is 5.75 Å². The molecule has 0 bridgehead atoms. The summed E-state index contributed by atoms with van der Waals surface area (Å²) in [4.78, 5) is 16.6. The van der Waals surface area contributed by atoms with Gasteiger partial charge in [-0.05, 0) is 48.2 Å². The number of benzene rings is 3. The van der Waals surface area contributed by atoms with Crippen LogP contribution in [0.4, 0.5) is 4.39 Å². The third kappa shape index (κ3) is 5.49. The lowest BCUT2D eigenvalue weighted by Crippen LogP contribution is -2.11. The number of pyridine rings is 1. The summed E-state index contributed by atoms with van der Waals surface area (Å²) < 4.78 is 20.4. The average molecular weight is 456 g/mol. The van der Waals surface area contributed by atoms with E-state index >= 15 is 0 Å². The fourth-order valence-corrected chi connectivity index (χ4v) is 3.92. The summed E-state index contributed by atoms with van der Waals surface area (Å²) in [6.45, 7) is 2.01. The van der Waals surface area contributed by atoms with E-state index < -0.39 is 11.8 Å². The molecule has 3 aromatic carbocycles. The van der Waals surface area contributed by atoms with Gasteiger partial charge in [0.15, 0.2) is 0 Å². The summed E-state index contributed by atoms with van der Waals surface area (Å²) in [6, 6.07) is 25.8. The summed E-state index contributed by atoms with van der Waals surface area (Å²) in [5.74, 6) is -0.896. The van der Waals surface area contributed by atoms with Crippen LogP contribution in [0.2, 0.25) is 0 Å². The summed E-state index contributed by atoms with van der Waals surface area (Å²) in [6.07, 6.45) is 2.22. The van der Waals surface area contributed by atoms with Gasteiger partial charge in [-0.3, -0.25) is 4.98 Å². The quantitative estimate of drug-likeness (QED) is 0.305. The first-order valence-electron chi connectivity index (χ1n) is 11.3. The minimum absolute atomic E-state index is 0.00787. The molecule has 0 radical (unpaired) electrons. The van der Waals surface area contributed by atoms with Crippen LogP contribution in [0.15, 0.2) is 84.9 Å². The summed E-state index contributed by atoms with van der Waals surface area (Å²) in [5.41, 5.74) is 4.23. The summed E-state index contributed by atoms with van der Waals surface area (Å²) in [5, 5.41) is 9.81. The van der Waals surface area contributed by atoms with Gasteiger partial charge in [0, 0.05) is 16.8 Å². The number of hydrogen-bond acceptors (Lipinski definition) is 3. The zero-order valence-electron chi connectivity index (χ0n) is 19.0. The van der Waals surface area contributed by atoms with Crippen LogP contribution in [0.25, 0.3) is 11.1 Å². The third-order valence-corrected chi connectivity index (χ3v) is 5.61. The lowest BCUT2D eigenvalue weighted by Gasteiger charge is -2.15. The maximum absolute atomic E-state index is 14.5. The smallest absolute Gasteiger partial charge is 0.337 e. The minimum atomic E-state index is -1.12. The Kier molecular flexibility index (Phi) is 7.33. The van der Waals surface area contributed by atoms with Crippen molar-refractivity contribution in [1.82, 2.24) is 4.98 Å². The molecule has 0 aliphatic heterocycles. The van der Waals surface area contributed by atoms with E-state index in [1.165, 1.54) is 17.7 Å². The second-order valence-corrected chi connectivity index (χ2v) is 8.11. The number of aryl methyl sites for hydroxylation is 1. The number of nitrogens with zero attached hydrogens (tertiary/aromatic N) is 1. The maximum Gasteiger partial charge on any atom is 0.337 e. The molecule has 1 aromatic heterocycles. The fraction of sp³-hybridized carbons (Fsp3) is 0.172. The zero-order chi connectivity index (χ0) is 23.9. The predicted molar refractivity (Wildman–Crippen MR) is 131 cm³/mol. The summed E-state index contributed by atoms with van der Waals surface area (Å²) >= 11 is 0. The van der Waals surface area contributed by atoms with E-state index in [9.17, 15) is 14.3 Å². The molecular formula is C29H26FNO3. The van der Waals surface area contributed by atoms with Gasteiger partial charge in [0.2, 0.25) is 0 Å². The van der Waals surface area contributed by atoms with Gasteiger partial charge >= 0.3 is 5.97 Å². The molecule has 34 heavy (non-hydrogen) atoms. The molecule has 4 rings (SSSR count). The van der Waals surface area contributed by atoms with Gasteiger partial charge in [0.25, 0.3) is 0 Å². The number of aromatic carboxylic acids is 1. The molecule has 0 amide bonds. The van der Waals surface area contributed by atoms with Crippen molar-refractivity contribution in [3.63, 3.8) is 0 Å². The molecule has 0 spiro atoms. The molecule has 5 heteroatoms. The highest BCUT2D eigenvalue weighted by atomic mass is 19.1. The zero-order valence-corrected chi connectivity index (χ0v) is 19.0. The van der Waals surface area contributed by atoms with Crippen molar-refractivity contribution in [1.29, 1.82) is 0 Å². The van der Waals surface area contributed by atoms with Gasteiger partial charge in [0.1, 0.15) is 18.2 Å². The molecule has 0 aliphatic rings. The third-order valence-electron chi connectivity index (χ3n) is 5.61. The molecule has 0 unspecified atom stereocenters. The molecule has 1 heterocycles. The highest BCUT2D eigenvalue weighted by Crippen LogP contribution is 2.29. The van der Waals surface area contributed by atoms with Crippen molar-refractivity contribution < 1.29 is 19.0 Å². The Morgan fingerprint density at radius 2 is 1.56 bits per heavy atom. The fourth-order valence-electron chi connectivity index (χ4n) is 3.92. The lowest BCUT2D eigenvalue weighted by atomic mass is 9.97. The predicted octanol–water partition coefficient (Wildman–Crippen LogP) is 6.71. The average Bonchev–Trinajstić information content (AvgIpc) is 2.85. The van der Waals surface area contributed by atoms with Gasteiger partial charge < -0.3 is 9.84 Å². The lowest BCUT2D eigenvalue weighted by molar-refractivity contribution is 0.0693. The molecule has 0 saturated heterocycles. The van der Waals surface area contributed by atoms with E-state index in [-0.39, 0.29) is 12.2 Å². The maximum atomic E-state index is 14.5. The normalized spacial score (nSPS) is 10.8. The Balaban J connectivity index is 1.57. The van der Waals surface area contributed by atoms with Crippen LogP contribution in [0.3, 0.4) is 0 Å². The molecular weight excluding hydrogens is 429 g/mol. The van der Waals surface area contributed by atoms with Gasteiger partial charge in [-0.15, -0.1) is 0 Å². The monoisotopic (exact) mass is 455 g/mol. The van der Waals surface area contributed by atoms with Crippen molar-refractivity contribution in [3.05, 3.63) is 119 Å². The molecule has 4 aromatic rings. The van der Waals surface area contributed by atoms with Crippen LogP contribution in [0.1, 0.15) is 46.2 Å². The van der Waals surface area contributed by atoms with Crippen LogP contribution in [-0.4, -0.2) is 16.1 Å². The second kappa shape index (κ2) is 10.8. The Hall–Kier alpha value is -3.99. The van der Waals surface area contributed by atoms with Crippen LogP contribution >= 0.6 is 0 Å². The van der Waals surface area contributed by atoms with Gasteiger partial charge in [-0.2, -0.15) is 0 Å². The van der Waals surface area contributed by atoms with Crippen molar-refractivity contribution in [2.45, 2.75) is 32.8 Å². The number of carboxylic acids is 1. The largest absolute Gasteiger partial charge is 0.487 e. The number of hydrogen-bond donors (Lipinski definition) is 1. The Bertz CT molecular complexity index is 1270. The van der Waals surface area contributed by atoms with Gasteiger partial charge in [0.05, 0.1) is 11.3 Å². The first-order valence-corrected chi connectivity index (χ1v) is 11.3. The van der Waals surface area contributed by atoms with Crippen molar-refractivity contribution in [2.24, 2.45) is 0 Å². The van der Waals surface area contributed by atoms with Crippen LogP contribution in [-0.2, 0) is 19.4 Å². The molecule has 172 valence electrons.